The van der Waals surface area contributed by atoms with Crippen LogP contribution in [0.15, 0.2) is 41.9 Å². The topological polar surface area (TPSA) is 47.9 Å². The van der Waals surface area contributed by atoms with Gasteiger partial charge in [-0.1, -0.05) is 18.2 Å². The van der Waals surface area contributed by atoms with Crippen molar-refractivity contribution in [2.45, 2.75) is 40.2 Å². The van der Waals surface area contributed by atoms with E-state index >= 15 is 0 Å². The summed E-state index contributed by atoms with van der Waals surface area (Å²) in [5.74, 6) is 0.986. The zero-order chi connectivity index (χ0) is 19.4. The Bertz CT molecular complexity index is 576. The monoisotopic (exact) mass is 358 g/mol. The molecule has 0 bridgehead atoms. The van der Waals surface area contributed by atoms with Gasteiger partial charge in [0.05, 0.1) is 6.54 Å². The first-order chi connectivity index (χ1) is 12.6. The summed E-state index contributed by atoms with van der Waals surface area (Å²) in [7, 11) is 2.05. The molecule has 1 aromatic rings. The van der Waals surface area contributed by atoms with E-state index in [1.807, 2.05) is 49.1 Å². The lowest BCUT2D eigenvalue weighted by molar-refractivity contribution is 0.0773. The van der Waals surface area contributed by atoms with Crippen molar-refractivity contribution in [3.63, 3.8) is 0 Å². The minimum atomic E-state index is 0.0836. The third-order valence-electron chi connectivity index (χ3n) is 4.26. The molecule has 0 aliphatic rings. The Kier molecular flexibility index (Phi) is 10.1. The molecule has 0 radical (unpaired) electrons. The third-order valence-corrected chi connectivity index (χ3v) is 4.26. The lowest BCUT2D eigenvalue weighted by Crippen LogP contribution is -2.39. The number of hydrogen-bond acceptors (Lipinski definition) is 2. The van der Waals surface area contributed by atoms with Crippen LogP contribution in [-0.2, 0) is 6.54 Å². The molecule has 0 aromatic heterocycles. The fraction of sp³-hybridized carbons (Fsp3) is 0.524. The quantitative estimate of drug-likeness (QED) is 0.301. The first-order valence-electron chi connectivity index (χ1n) is 9.55. The Balaban J connectivity index is 2.74. The standard InChI is InChI=1S/C21H34N4O/c1-6-10-11-16-24(5)21(22-7-2)23-17-18-12-14-19(15-13-18)20(26)25(8-3)9-4/h6,12-15H,1,7-11,16-17H2,2-5H3,(H,22,23). The molecule has 0 saturated heterocycles. The van der Waals surface area contributed by atoms with E-state index in [2.05, 4.69) is 30.8 Å². The molecule has 1 N–H and O–H groups in total. The Hall–Kier alpha value is -2.30. The number of carbonyl (C=O) groups is 1. The number of rotatable bonds is 10. The Morgan fingerprint density at radius 3 is 2.38 bits per heavy atom. The van der Waals surface area contributed by atoms with Gasteiger partial charge in [0, 0.05) is 38.8 Å². The Labute approximate surface area is 158 Å². The molecule has 0 aliphatic carbocycles. The van der Waals surface area contributed by atoms with Gasteiger partial charge < -0.3 is 15.1 Å². The van der Waals surface area contributed by atoms with Gasteiger partial charge in [-0.15, -0.1) is 6.58 Å². The largest absolute Gasteiger partial charge is 0.357 e. The molecule has 0 atom stereocenters. The second-order valence-corrected chi connectivity index (χ2v) is 6.20. The van der Waals surface area contributed by atoms with E-state index in [0.717, 1.165) is 56.1 Å². The Morgan fingerprint density at radius 2 is 1.85 bits per heavy atom. The highest BCUT2D eigenvalue weighted by atomic mass is 16.2. The van der Waals surface area contributed by atoms with Gasteiger partial charge in [0.15, 0.2) is 5.96 Å². The number of unbranched alkanes of at least 4 members (excludes halogenated alkanes) is 1. The maximum absolute atomic E-state index is 12.4. The highest BCUT2D eigenvalue weighted by molar-refractivity contribution is 5.94. The van der Waals surface area contributed by atoms with Gasteiger partial charge in [-0.25, -0.2) is 4.99 Å². The molecule has 26 heavy (non-hydrogen) atoms. The van der Waals surface area contributed by atoms with Crippen LogP contribution >= 0.6 is 0 Å². The van der Waals surface area contributed by atoms with Crippen LogP contribution in [0.4, 0.5) is 0 Å². The first kappa shape index (κ1) is 21.7. The average Bonchev–Trinajstić information content (AvgIpc) is 2.66. The molecule has 0 unspecified atom stereocenters. The summed E-state index contributed by atoms with van der Waals surface area (Å²) in [4.78, 5) is 21.0. The molecule has 0 aliphatic heterocycles. The summed E-state index contributed by atoms with van der Waals surface area (Å²) in [6.45, 7) is 13.7. The maximum atomic E-state index is 12.4. The number of hydrogen-bond donors (Lipinski definition) is 1. The summed E-state index contributed by atoms with van der Waals surface area (Å²) in [5.41, 5.74) is 1.82. The smallest absolute Gasteiger partial charge is 0.253 e. The van der Waals surface area contributed by atoms with Gasteiger partial charge in [0.2, 0.25) is 0 Å². The molecule has 1 amide bonds. The predicted molar refractivity (Wildman–Crippen MR) is 111 cm³/mol. The molecule has 0 heterocycles. The van der Waals surface area contributed by atoms with Crippen molar-refractivity contribution in [3.05, 3.63) is 48.0 Å². The fourth-order valence-corrected chi connectivity index (χ4v) is 2.66. The van der Waals surface area contributed by atoms with Crippen LogP contribution < -0.4 is 5.32 Å². The van der Waals surface area contributed by atoms with E-state index in [-0.39, 0.29) is 5.91 Å². The number of allylic oxidation sites excluding steroid dienone is 1. The van der Waals surface area contributed by atoms with Crippen molar-refractivity contribution in [2.24, 2.45) is 4.99 Å². The number of guanidine groups is 1. The summed E-state index contributed by atoms with van der Waals surface area (Å²) in [6.07, 6.45) is 4.01. The number of benzene rings is 1. The van der Waals surface area contributed by atoms with Crippen molar-refractivity contribution in [1.29, 1.82) is 0 Å². The van der Waals surface area contributed by atoms with Crippen LogP contribution in [0.2, 0.25) is 0 Å². The maximum Gasteiger partial charge on any atom is 0.253 e. The van der Waals surface area contributed by atoms with Gasteiger partial charge in [-0.3, -0.25) is 4.79 Å². The lowest BCUT2D eigenvalue weighted by atomic mass is 10.1. The van der Waals surface area contributed by atoms with Crippen LogP contribution in [0.25, 0.3) is 0 Å². The second-order valence-electron chi connectivity index (χ2n) is 6.20. The van der Waals surface area contributed by atoms with Crippen LogP contribution in [0, 0.1) is 0 Å². The van der Waals surface area contributed by atoms with Crippen molar-refractivity contribution in [1.82, 2.24) is 15.1 Å². The first-order valence-corrected chi connectivity index (χ1v) is 9.55. The second kappa shape index (κ2) is 12.1. The van der Waals surface area contributed by atoms with E-state index in [9.17, 15) is 4.79 Å². The number of nitrogens with one attached hydrogen (secondary N) is 1. The van der Waals surface area contributed by atoms with Crippen LogP contribution in [0.5, 0.6) is 0 Å². The van der Waals surface area contributed by atoms with Crippen molar-refractivity contribution in [2.75, 3.05) is 33.2 Å². The number of amides is 1. The fourth-order valence-electron chi connectivity index (χ4n) is 2.66. The molecule has 0 saturated carbocycles. The SMILES string of the molecule is C=CCCCN(C)C(=NCc1ccc(C(=O)N(CC)CC)cc1)NCC. The molecule has 1 aromatic carbocycles. The summed E-state index contributed by atoms with van der Waals surface area (Å²) < 4.78 is 0. The third kappa shape index (κ3) is 6.90. The molecule has 0 fully saturated rings. The zero-order valence-electron chi connectivity index (χ0n) is 16.8. The molecular weight excluding hydrogens is 324 g/mol. The lowest BCUT2D eigenvalue weighted by Gasteiger charge is -2.22. The van der Waals surface area contributed by atoms with Gasteiger partial charge in [-0.2, -0.15) is 0 Å². The van der Waals surface area contributed by atoms with E-state index in [4.69, 9.17) is 4.99 Å². The van der Waals surface area contributed by atoms with E-state index in [1.165, 1.54) is 0 Å². The summed E-state index contributed by atoms with van der Waals surface area (Å²) in [6, 6.07) is 7.77. The highest BCUT2D eigenvalue weighted by Crippen LogP contribution is 2.09. The van der Waals surface area contributed by atoms with Crippen molar-refractivity contribution in [3.8, 4) is 0 Å². The van der Waals surface area contributed by atoms with Crippen LogP contribution in [-0.4, -0.2) is 54.9 Å². The normalized spacial score (nSPS) is 11.2. The highest BCUT2D eigenvalue weighted by Gasteiger charge is 2.12. The number of aliphatic imine (C=N–C) groups is 1. The van der Waals surface area contributed by atoms with Gasteiger partial charge >= 0.3 is 0 Å². The van der Waals surface area contributed by atoms with E-state index < -0.39 is 0 Å². The summed E-state index contributed by atoms with van der Waals surface area (Å²) in [5, 5.41) is 3.33. The molecule has 5 heteroatoms. The predicted octanol–water partition coefficient (Wildman–Crippen LogP) is 3.53. The number of nitrogens with zero attached hydrogens (tertiary/aromatic N) is 3. The van der Waals surface area contributed by atoms with Gasteiger partial charge in [0.25, 0.3) is 5.91 Å². The van der Waals surface area contributed by atoms with Crippen LogP contribution in [0.1, 0.15) is 49.5 Å². The molecule has 1 rings (SSSR count). The summed E-state index contributed by atoms with van der Waals surface area (Å²) >= 11 is 0. The minimum absolute atomic E-state index is 0.0836. The number of carbonyl (C=O) groups excluding carboxylic acids is 1. The van der Waals surface area contributed by atoms with Crippen molar-refractivity contribution >= 4 is 11.9 Å². The molecular formula is C21H34N4O. The molecule has 5 nitrogen and oxygen atoms in total. The molecule has 144 valence electrons. The average molecular weight is 359 g/mol. The Morgan fingerprint density at radius 1 is 1.19 bits per heavy atom. The van der Waals surface area contributed by atoms with E-state index in [1.54, 1.807) is 0 Å². The minimum Gasteiger partial charge on any atom is -0.357 e. The molecule has 0 spiro atoms. The van der Waals surface area contributed by atoms with E-state index in [0.29, 0.717) is 6.54 Å². The van der Waals surface area contributed by atoms with Gasteiger partial charge in [0.1, 0.15) is 0 Å². The van der Waals surface area contributed by atoms with Gasteiger partial charge in [-0.05, 0) is 51.3 Å². The van der Waals surface area contributed by atoms with Crippen molar-refractivity contribution < 1.29 is 4.79 Å². The zero-order valence-corrected chi connectivity index (χ0v) is 16.8. The van der Waals surface area contributed by atoms with Crippen LogP contribution in [0.3, 0.4) is 0 Å².